The molecule has 0 bridgehead atoms. The van der Waals surface area contributed by atoms with Crippen molar-refractivity contribution >= 4 is 29.3 Å². The molecule has 1 fully saturated rings. The molecule has 2 aromatic heterocycles. The Balaban J connectivity index is 1.74. The van der Waals surface area contributed by atoms with E-state index >= 15 is 0 Å². The number of nitrogens with one attached hydrogen (secondary N) is 1. The molecule has 7 nitrogen and oxygen atoms in total. The van der Waals surface area contributed by atoms with Crippen LogP contribution in [0.3, 0.4) is 0 Å². The number of carbonyl (C=O) groups excluding carboxylic acids is 1. The van der Waals surface area contributed by atoms with Crippen molar-refractivity contribution in [2.24, 2.45) is 0 Å². The standard InChI is InChI=1S/C15H22N6OS/c1-3-11-9(2)17-14(16)21-13(11)19-20-15(21)23-8-12(22)18-10-6-4-5-7-10/h10H,3-8H2,1-2H3,(H2,16,17)(H,18,22). The van der Waals surface area contributed by atoms with Crippen LogP contribution in [-0.2, 0) is 11.2 Å². The maximum Gasteiger partial charge on any atom is 0.230 e. The van der Waals surface area contributed by atoms with E-state index in [4.69, 9.17) is 5.73 Å². The maximum atomic E-state index is 12.1. The number of thioether (sulfide) groups is 1. The average Bonchev–Trinajstić information content (AvgIpc) is 3.15. The number of aryl methyl sites for hydroxylation is 2. The lowest BCUT2D eigenvalue weighted by atomic mass is 10.2. The zero-order valence-electron chi connectivity index (χ0n) is 13.5. The molecule has 0 saturated heterocycles. The summed E-state index contributed by atoms with van der Waals surface area (Å²) in [6.45, 7) is 3.97. The number of hydrogen-bond donors (Lipinski definition) is 2. The van der Waals surface area contributed by atoms with Gasteiger partial charge in [-0.1, -0.05) is 31.5 Å². The average molecular weight is 334 g/mol. The second-order valence-corrected chi connectivity index (χ2v) is 6.81. The molecule has 124 valence electrons. The summed E-state index contributed by atoms with van der Waals surface area (Å²) in [6, 6.07) is 0.333. The van der Waals surface area contributed by atoms with Gasteiger partial charge in [-0.15, -0.1) is 10.2 Å². The van der Waals surface area contributed by atoms with E-state index in [0.717, 1.165) is 36.2 Å². The topological polar surface area (TPSA) is 98.2 Å². The van der Waals surface area contributed by atoms with Crippen LogP contribution in [0.4, 0.5) is 5.95 Å². The van der Waals surface area contributed by atoms with Crippen LogP contribution in [0.25, 0.3) is 5.65 Å². The second-order valence-electron chi connectivity index (χ2n) is 5.87. The first-order valence-electron chi connectivity index (χ1n) is 8.02. The van der Waals surface area contributed by atoms with Crippen LogP contribution < -0.4 is 11.1 Å². The third kappa shape index (κ3) is 3.26. The van der Waals surface area contributed by atoms with Crippen molar-refractivity contribution in [1.82, 2.24) is 24.9 Å². The van der Waals surface area contributed by atoms with E-state index < -0.39 is 0 Å². The van der Waals surface area contributed by atoms with Crippen LogP contribution in [0.5, 0.6) is 0 Å². The molecule has 0 radical (unpaired) electrons. The highest BCUT2D eigenvalue weighted by Crippen LogP contribution is 2.23. The van der Waals surface area contributed by atoms with Gasteiger partial charge in [-0.3, -0.25) is 4.79 Å². The smallest absolute Gasteiger partial charge is 0.230 e. The summed E-state index contributed by atoms with van der Waals surface area (Å²) in [5.41, 5.74) is 8.67. The summed E-state index contributed by atoms with van der Waals surface area (Å²) in [5, 5.41) is 12.1. The lowest BCUT2D eigenvalue weighted by Crippen LogP contribution is -2.33. The highest BCUT2D eigenvalue weighted by Gasteiger charge is 2.19. The lowest BCUT2D eigenvalue weighted by molar-refractivity contribution is -0.119. The Hall–Kier alpha value is -1.83. The number of aromatic nitrogens is 4. The molecule has 0 spiro atoms. The van der Waals surface area contributed by atoms with E-state index in [-0.39, 0.29) is 5.91 Å². The molecule has 0 atom stereocenters. The van der Waals surface area contributed by atoms with Gasteiger partial charge >= 0.3 is 0 Å². The molecule has 23 heavy (non-hydrogen) atoms. The highest BCUT2D eigenvalue weighted by atomic mass is 32.2. The van der Waals surface area contributed by atoms with Crippen molar-refractivity contribution in [2.75, 3.05) is 11.5 Å². The van der Waals surface area contributed by atoms with Gasteiger partial charge in [-0.25, -0.2) is 9.38 Å². The number of rotatable bonds is 5. The maximum absolute atomic E-state index is 12.1. The predicted octanol–water partition coefficient (Wildman–Crippen LogP) is 1.73. The Morgan fingerprint density at radius 3 is 2.83 bits per heavy atom. The number of nitrogens with zero attached hydrogens (tertiary/aromatic N) is 4. The van der Waals surface area contributed by atoms with E-state index in [9.17, 15) is 4.79 Å². The van der Waals surface area contributed by atoms with Crippen LogP contribution >= 0.6 is 11.8 Å². The number of fused-ring (bicyclic) bond motifs is 1. The Labute approximate surface area is 139 Å². The first-order valence-corrected chi connectivity index (χ1v) is 9.01. The molecule has 1 amide bonds. The summed E-state index contributed by atoms with van der Waals surface area (Å²) in [6.07, 6.45) is 5.39. The Kier molecular flexibility index (Phi) is 4.70. The fraction of sp³-hybridized carbons (Fsp3) is 0.600. The molecule has 0 unspecified atom stereocenters. The zero-order chi connectivity index (χ0) is 16.4. The molecular weight excluding hydrogens is 312 g/mol. The van der Waals surface area contributed by atoms with Crippen molar-refractivity contribution in [3.8, 4) is 0 Å². The number of nitrogen functional groups attached to an aromatic ring is 1. The second kappa shape index (κ2) is 6.74. The molecule has 1 aliphatic rings. The van der Waals surface area contributed by atoms with Gasteiger partial charge in [-0.2, -0.15) is 0 Å². The summed E-state index contributed by atoms with van der Waals surface area (Å²) < 4.78 is 1.74. The van der Waals surface area contributed by atoms with E-state index in [1.54, 1.807) is 4.40 Å². The SMILES string of the molecule is CCc1c(C)nc(N)n2c(SCC(=O)NC3CCCC3)nnc12. The Morgan fingerprint density at radius 2 is 2.13 bits per heavy atom. The summed E-state index contributed by atoms with van der Waals surface area (Å²) in [4.78, 5) is 16.4. The number of nitrogens with two attached hydrogens (primary N) is 1. The molecule has 8 heteroatoms. The lowest BCUT2D eigenvalue weighted by Gasteiger charge is -2.11. The van der Waals surface area contributed by atoms with E-state index in [1.807, 2.05) is 6.92 Å². The van der Waals surface area contributed by atoms with Gasteiger partial charge in [0.05, 0.1) is 5.75 Å². The first-order chi connectivity index (χ1) is 11.1. The van der Waals surface area contributed by atoms with Crippen LogP contribution in [0.2, 0.25) is 0 Å². The minimum atomic E-state index is 0.0352. The molecule has 1 aliphatic carbocycles. The van der Waals surface area contributed by atoms with E-state index in [1.165, 1.54) is 24.6 Å². The van der Waals surface area contributed by atoms with Crippen molar-refractivity contribution < 1.29 is 4.79 Å². The third-order valence-corrected chi connectivity index (χ3v) is 5.19. The molecule has 0 aromatic carbocycles. The molecule has 3 rings (SSSR count). The van der Waals surface area contributed by atoms with Gasteiger partial charge in [0, 0.05) is 17.3 Å². The van der Waals surface area contributed by atoms with Crippen LogP contribution in [-0.4, -0.2) is 37.3 Å². The number of amides is 1. The van der Waals surface area contributed by atoms with Gasteiger partial charge < -0.3 is 11.1 Å². The van der Waals surface area contributed by atoms with Gasteiger partial charge in [0.25, 0.3) is 0 Å². The molecule has 3 N–H and O–H groups in total. The van der Waals surface area contributed by atoms with Gasteiger partial charge in [0.15, 0.2) is 10.8 Å². The molecule has 2 aromatic rings. The summed E-state index contributed by atoms with van der Waals surface area (Å²) in [7, 11) is 0. The molecule has 1 saturated carbocycles. The largest absolute Gasteiger partial charge is 0.369 e. The fourth-order valence-electron chi connectivity index (χ4n) is 3.10. The van der Waals surface area contributed by atoms with Crippen molar-refractivity contribution in [3.05, 3.63) is 11.3 Å². The summed E-state index contributed by atoms with van der Waals surface area (Å²) >= 11 is 1.34. The predicted molar refractivity (Wildman–Crippen MR) is 90.4 cm³/mol. The van der Waals surface area contributed by atoms with Crippen LogP contribution in [0, 0.1) is 6.92 Å². The van der Waals surface area contributed by atoms with Gasteiger partial charge in [-0.05, 0) is 26.2 Å². The normalized spacial score (nSPS) is 15.4. The molecular formula is C15H22N6OS. The minimum Gasteiger partial charge on any atom is -0.369 e. The van der Waals surface area contributed by atoms with Gasteiger partial charge in [0.2, 0.25) is 11.9 Å². The fourth-order valence-corrected chi connectivity index (χ4v) is 3.85. The van der Waals surface area contributed by atoms with Crippen LogP contribution in [0.15, 0.2) is 5.16 Å². The number of carbonyl (C=O) groups is 1. The van der Waals surface area contributed by atoms with E-state index in [2.05, 4.69) is 27.4 Å². The third-order valence-electron chi connectivity index (χ3n) is 4.26. The first kappa shape index (κ1) is 16.0. The molecule has 2 heterocycles. The highest BCUT2D eigenvalue weighted by molar-refractivity contribution is 7.99. The van der Waals surface area contributed by atoms with Gasteiger partial charge in [0.1, 0.15) is 0 Å². The Morgan fingerprint density at radius 1 is 1.39 bits per heavy atom. The summed E-state index contributed by atoms with van der Waals surface area (Å²) in [5.74, 6) is 0.706. The van der Waals surface area contributed by atoms with Crippen LogP contribution in [0.1, 0.15) is 43.9 Å². The minimum absolute atomic E-state index is 0.0352. The van der Waals surface area contributed by atoms with Crippen molar-refractivity contribution in [3.63, 3.8) is 0 Å². The van der Waals surface area contributed by atoms with E-state index in [0.29, 0.717) is 22.9 Å². The Bertz CT molecular complexity index is 722. The van der Waals surface area contributed by atoms with Crippen molar-refractivity contribution in [1.29, 1.82) is 0 Å². The zero-order valence-corrected chi connectivity index (χ0v) is 14.3. The monoisotopic (exact) mass is 334 g/mol. The molecule has 0 aliphatic heterocycles. The number of hydrogen-bond acceptors (Lipinski definition) is 6. The van der Waals surface area contributed by atoms with Crippen molar-refractivity contribution in [2.45, 2.75) is 57.1 Å². The quantitative estimate of drug-likeness (QED) is 0.808. The number of anilines is 1.